The summed E-state index contributed by atoms with van der Waals surface area (Å²) in [6, 6.07) is 7.74. The number of hydrogen-bond acceptors (Lipinski definition) is 2. The SMILES string of the molecule is COCCCNC(=O)Cc1ccccc1Br. The number of benzene rings is 1. The normalized spacial score (nSPS) is 10.1. The lowest BCUT2D eigenvalue weighted by molar-refractivity contribution is -0.120. The smallest absolute Gasteiger partial charge is 0.224 e. The van der Waals surface area contributed by atoms with Crippen LogP contribution >= 0.6 is 15.9 Å². The summed E-state index contributed by atoms with van der Waals surface area (Å²) in [6.07, 6.45) is 1.26. The van der Waals surface area contributed by atoms with Gasteiger partial charge in [0.15, 0.2) is 0 Å². The second-order valence-electron chi connectivity index (χ2n) is 3.46. The van der Waals surface area contributed by atoms with Crippen LogP contribution in [0.4, 0.5) is 0 Å². The third kappa shape index (κ3) is 4.77. The van der Waals surface area contributed by atoms with Crippen molar-refractivity contribution in [1.29, 1.82) is 0 Å². The fourth-order valence-corrected chi connectivity index (χ4v) is 1.75. The molecule has 3 nitrogen and oxygen atoms in total. The zero-order chi connectivity index (χ0) is 11.8. The van der Waals surface area contributed by atoms with Crippen LogP contribution in [0.3, 0.4) is 0 Å². The summed E-state index contributed by atoms with van der Waals surface area (Å²) in [6.45, 7) is 1.34. The highest BCUT2D eigenvalue weighted by Crippen LogP contribution is 2.15. The predicted molar refractivity (Wildman–Crippen MR) is 67.3 cm³/mol. The molecule has 0 aliphatic rings. The van der Waals surface area contributed by atoms with Crippen LogP contribution in [0.2, 0.25) is 0 Å². The Kier molecular flexibility index (Phi) is 6.11. The maximum Gasteiger partial charge on any atom is 0.224 e. The number of hydrogen-bond donors (Lipinski definition) is 1. The Balaban J connectivity index is 2.32. The Labute approximate surface area is 104 Å². The molecule has 0 heterocycles. The molecule has 0 unspecified atom stereocenters. The standard InChI is InChI=1S/C12H16BrNO2/c1-16-8-4-7-14-12(15)9-10-5-2-3-6-11(10)13/h2-3,5-6H,4,7-9H2,1H3,(H,14,15). The minimum Gasteiger partial charge on any atom is -0.385 e. The molecule has 0 radical (unpaired) electrons. The van der Waals surface area contributed by atoms with Gasteiger partial charge < -0.3 is 10.1 Å². The summed E-state index contributed by atoms with van der Waals surface area (Å²) in [4.78, 5) is 11.6. The average molecular weight is 286 g/mol. The fourth-order valence-electron chi connectivity index (χ4n) is 1.32. The third-order valence-electron chi connectivity index (χ3n) is 2.16. The van der Waals surface area contributed by atoms with Crippen molar-refractivity contribution in [3.63, 3.8) is 0 Å². The Morgan fingerprint density at radius 3 is 2.88 bits per heavy atom. The van der Waals surface area contributed by atoms with Crippen molar-refractivity contribution in [2.45, 2.75) is 12.8 Å². The van der Waals surface area contributed by atoms with Gasteiger partial charge in [-0.1, -0.05) is 34.1 Å². The van der Waals surface area contributed by atoms with E-state index < -0.39 is 0 Å². The first-order chi connectivity index (χ1) is 7.74. The number of halogens is 1. The molecule has 0 saturated carbocycles. The van der Waals surface area contributed by atoms with Crippen molar-refractivity contribution in [3.05, 3.63) is 34.3 Å². The van der Waals surface area contributed by atoms with E-state index in [1.807, 2.05) is 24.3 Å². The summed E-state index contributed by atoms with van der Waals surface area (Å²) in [5.74, 6) is 0.0444. The van der Waals surface area contributed by atoms with Crippen molar-refractivity contribution in [2.75, 3.05) is 20.3 Å². The highest BCUT2D eigenvalue weighted by molar-refractivity contribution is 9.10. The predicted octanol–water partition coefficient (Wildman–Crippen LogP) is 2.14. The molecule has 0 atom stereocenters. The van der Waals surface area contributed by atoms with Gasteiger partial charge in [-0.15, -0.1) is 0 Å². The maximum atomic E-state index is 11.6. The zero-order valence-electron chi connectivity index (χ0n) is 9.33. The van der Waals surface area contributed by atoms with Crippen molar-refractivity contribution < 1.29 is 9.53 Å². The Morgan fingerprint density at radius 1 is 1.44 bits per heavy atom. The summed E-state index contributed by atoms with van der Waals surface area (Å²) >= 11 is 3.42. The van der Waals surface area contributed by atoms with Crippen molar-refractivity contribution in [3.8, 4) is 0 Å². The quantitative estimate of drug-likeness (QED) is 0.814. The van der Waals surface area contributed by atoms with E-state index in [2.05, 4.69) is 21.2 Å². The largest absolute Gasteiger partial charge is 0.385 e. The summed E-state index contributed by atoms with van der Waals surface area (Å²) in [7, 11) is 1.66. The molecule has 1 rings (SSSR count). The van der Waals surface area contributed by atoms with Crippen LogP contribution in [-0.4, -0.2) is 26.2 Å². The lowest BCUT2D eigenvalue weighted by atomic mass is 10.1. The maximum absolute atomic E-state index is 11.6. The number of ether oxygens (including phenoxy) is 1. The number of carbonyl (C=O) groups excluding carboxylic acids is 1. The van der Waals surface area contributed by atoms with Gasteiger partial charge in [-0.2, -0.15) is 0 Å². The average Bonchev–Trinajstić information content (AvgIpc) is 2.28. The molecule has 0 spiro atoms. The first-order valence-corrected chi connectivity index (χ1v) is 6.02. The molecule has 1 N–H and O–H groups in total. The van der Waals surface area contributed by atoms with E-state index in [1.165, 1.54) is 0 Å². The van der Waals surface area contributed by atoms with Gasteiger partial charge in [-0.05, 0) is 18.1 Å². The summed E-state index contributed by atoms with van der Waals surface area (Å²) in [5.41, 5.74) is 1.01. The monoisotopic (exact) mass is 285 g/mol. The molecule has 0 bridgehead atoms. The van der Waals surface area contributed by atoms with Gasteiger partial charge in [0.05, 0.1) is 6.42 Å². The Morgan fingerprint density at radius 2 is 2.19 bits per heavy atom. The summed E-state index contributed by atoms with van der Waals surface area (Å²) in [5, 5.41) is 2.85. The van der Waals surface area contributed by atoms with E-state index in [9.17, 15) is 4.79 Å². The fraction of sp³-hybridized carbons (Fsp3) is 0.417. The minimum absolute atomic E-state index is 0.0444. The van der Waals surface area contributed by atoms with Gasteiger partial charge in [0.25, 0.3) is 0 Å². The number of methoxy groups -OCH3 is 1. The number of amides is 1. The van der Waals surface area contributed by atoms with Gasteiger partial charge in [-0.3, -0.25) is 4.79 Å². The minimum atomic E-state index is 0.0444. The van der Waals surface area contributed by atoms with Crippen LogP contribution in [-0.2, 0) is 16.0 Å². The van der Waals surface area contributed by atoms with Crippen LogP contribution < -0.4 is 5.32 Å². The van der Waals surface area contributed by atoms with Gasteiger partial charge in [0.2, 0.25) is 5.91 Å². The number of rotatable bonds is 6. The Hall–Kier alpha value is -0.870. The molecule has 0 aliphatic heterocycles. The molecule has 0 aliphatic carbocycles. The third-order valence-corrected chi connectivity index (χ3v) is 2.93. The van der Waals surface area contributed by atoms with Crippen LogP contribution in [0.1, 0.15) is 12.0 Å². The number of nitrogens with one attached hydrogen (secondary N) is 1. The van der Waals surface area contributed by atoms with E-state index in [0.29, 0.717) is 19.6 Å². The van der Waals surface area contributed by atoms with E-state index in [1.54, 1.807) is 7.11 Å². The molecule has 1 aromatic carbocycles. The molecule has 0 fully saturated rings. The molecule has 0 saturated heterocycles. The molecule has 4 heteroatoms. The molecule has 0 aromatic heterocycles. The van der Waals surface area contributed by atoms with Crippen LogP contribution in [0.5, 0.6) is 0 Å². The van der Waals surface area contributed by atoms with E-state index in [0.717, 1.165) is 16.5 Å². The van der Waals surface area contributed by atoms with Gasteiger partial charge in [0.1, 0.15) is 0 Å². The highest BCUT2D eigenvalue weighted by atomic mass is 79.9. The van der Waals surface area contributed by atoms with Crippen molar-refractivity contribution in [2.24, 2.45) is 0 Å². The summed E-state index contributed by atoms with van der Waals surface area (Å²) < 4.78 is 5.88. The second-order valence-corrected chi connectivity index (χ2v) is 4.32. The zero-order valence-corrected chi connectivity index (χ0v) is 10.9. The highest BCUT2D eigenvalue weighted by Gasteiger charge is 2.05. The Bertz CT molecular complexity index is 342. The van der Waals surface area contributed by atoms with Crippen LogP contribution in [0, 0.1) is 0 Å². The molecular weight excluding hydrogens is 270 g/mol. The van der Waals surface area contributed by atoms with Crippen LogP contribution in [0.15, 0.2) is 28.7 Å². The first-order valence-electron chi connectivity index (χ1n) is 5.23. The van der Waals surface area contributed by atoms with Crippen molar-refractivity contribution >= 4 is 21.8 Å². The van der Waals surface area contributed by atoms with E-state index >= 15 is 0 Å². The van der Waals surface area contributed by atoms with E-state index in [-0.39, 0.29) is 5.91 Å². The lowest BCUT2D eigenvalue weighted by Gasteiger charge is -2.06. The van der Waals surface area contributed by atoms with Gasteiger partial charge in [0, 0.05) is 24.7 Å². The number of carbonyl (C=O) groups is 1. The molecule has 1 amide bonds. The lowest BCUT2D eigenvalue weighted by Crippen LogP contribution is -2.26. The van der Waals surface area contributed by atoms with Gasteiger partial charge >= 0.3 is 0 Å². The van der Waals surface area contributed by atoms with Crippen LogP contribution in [0.25, 0.3) is 0 Å². The molecule has 1 aromatic rings. The van der Waals surface area contributed by atoms with E-state index in [4.69, 9.17) is 4.74 Å². The molecule has 88 valence electrons. The second kappa shape index (κ2) is 7.41. The first kappa shape index (κ1) is 13.2. The topological polar surface area (TPSA) is 38.3 Å². The van der Waals surface area contributed by atoms with Crippen molar-refractivity contribution in [1.82, 2.24) is 5.32 Å². The molecule has 16 heavy (non-hydrogen) atoms. The van der Waals surface area contributed by atoms with Gasteiger partial charge in [-0.25, -0.2) is 0 Å². The molecular formula is C12H16BrNO2.